The Morgan fingerprint density at radius 3 is 2.50 bits per heavy atom. The summed E-state index contributed by atoms with van der Waals surface area (Å²) in [7, 11) is 1.61. The number of hydrogen-bond acceptors (Lipinski definition) is 3. The molecule has 112 valence electrons. The van der Waals surface area contributed by atoms with Crippen LogP contribution in [-0.4, -0.2) is 32.5 Å². The molecule has 0 bridgehead atoms. The molecule has 6 heteroatoms. The van der Waals surface area contributed by atoms with Crippen LogP contribution in [0.25, 0.3) is 11.5 Å². The Bertz CT molecular complexity index is 774. The van der Waals surface area contributed by atoms with Crippen molar-refractivity contribution < 1.29 is 14.6 Å². The average Bonchev–Trinajstić information content (AvgIpc) is 3.16. The number of carboxylic acid groups (broad SMARTS) is 1. The van der Waals surface area contributed by atoms with E-state index in [4.69, 9.17) is 9.84 Å². The Hall–Kier alpha value is -3.02. The summed E-state index contributed by atoms with van der Waals surface area (Å²) in [5.41, 5.74) is 1.49. The van der Waals surface area contributed by atoms with Crippen LogP contribution < -0.4 is 4.74 Å². The van der Waals surface area contributed by atoms with Crippen LogP contribution in [0.15, 0.2) is 55.0 Å². The lowest BCUT2D eigenvalue weighted by Crippen LogP contribution is -2.08. The molecule has 0 fully saturated rings. The van der Waals surface area contributed by atoms with Crippen molar-refractivity contribution in [2.24, 2.45) is 0 Å². The summed E-state index contributed by atoms with van der Waals surface area (Å²) < 4.78 is 8.73. The second kappa shape index (κ2) is 5.77. The number of ether oxygens (including phenoxy) is 1. The molecule has 0 atom stereocenters. The van der Waals surface area contributed by atoms with E-state index < -0.39 is 5.97 Å². The number of carboxylic acids is 1. The molecule has 0 spiro atoms. The van der Waals surface area contributed by atoms with Crippen molar-refractivity contribution in [1.29, 1.82) is 0 Å². The lowest BCUT2D eigenvalue weighted by Gasteiger charge is -2.11. The van der Waals surface area contributed by atoms with E-state index in [-0.39, 0.29) is 6.42 Å². The van der Waals surface area contributed by atoms with Crippen molar-refractivity contribution >= 4 is 5.97 Å². The molecule has 1 aromatic carbocycles. The van der Waals surface area contributed by atoms with E-state index in [1.54, 1.807) is 18.0 Å². The van der Waals surface area contributed by atoms with E-state index in [2.05, 4.69) is 5.10 Å². The first-order chi connectivity index (χ1) is 10.7. The van der Waals surface area contributed by atoms with Gasteiger partial charge in [-0.1, -0.05) is 0 Å². The first-order valence-electron chi connectivity index (χ1n) is 6.75. The molecule has 6 nitrogen and oxygen atoms in total. The molecule has 22 heavy (non-hydrogen) atoms. The predicted molar refractivity (Wildman–Crippen MR) is 80.8 cm³/mol. The van der Waals surface area contributed by atoms with Gasteiger partial charge in [0, 0.05) is 18.0 Å². The summed E-state index contributed by atoms with van der Waals surface area (Å²) in [6, 6.07) is 11.2. The van der Waals surface area contributed by atoms with Gasteiger partial charge in [0.2, 0.25) is 0 Å². The van der Waals surface area contributed by atoms with Gasteiger partial charge in [-0.25, -0.2) is 4.68 Å². The van der Waals surface area contributed by atoms with Crippen LogP contribution in [0.3, 0.4) is 0 Å². The standard InChI is InChI=1S/C16H15N3O3/c1-22-14-6-4-13(5-7-14)19-16(18-8-2-3-9-18)12(11-17-19)10-15(20)21/h2-9,11H,10H2,1H3,(H,20,21). The SMILES string of the molecule is COc1ccc(-n2ncc(CC(=O)O)c2-n2cccc2)cc1. The van der Waals surface area contributed by atoms with Crippen molar-refractivity contribution in [3.8, 4) is 17.3 Å². The number of aliphatic carboxylic acids is 1. The molecule has 1 N–H and O–H groups in total. The summed E-state index contributed by atoms with van der Waals surface area (Å²) in [6.07, 6.45) is 5.24. The largest absolute Gasteiger partial charge is 0.497 e. The molecule has 0 radical (unpaired) electrons. The average molecular weight is 297 g/mol. The number of benzene rings is 1. The van der Waals surface area contributed by atoms with Gasteiger partial charge in [-0.2, -0.15) is 5.10 Å². The summed E-state index contributed by atoms with van der Waals surface area (Å²) >= 11 is 0. The van der Waals surface area contributed by atoms with Crippen LogP contribution in [0.5, 0.6) is 5.75 Å². The highest BCUT2D eigenvalue weighted by molar-refractivity contribution is 5.71. The van der Waals surface area contributed by atoms with Crippen molar-refractivity contribution in [3.05, 3.63) is 60.6 Å². The zero-order valence-corrected chi connectivity index (χ0v) is 12.0. The van der Waals surface area contributed by atoms with Gasteiger partial charge in [-0.3, -0.25) is 4.79 Å². The maximum Gasteiger partial charge on any atom is 0.308 e. The highest BCUT2D eigenvalue weighted by Crippen LogP contribution is 2.22. The zero-order valence-electron chi connectivity index (χ0n) is 12.0. The molecule has 0 aliphatic carbocycles. The van der Waals surface area contributed by atoms with Crippen LogP contribution in [0.2, 0.25) is 0 Å². The normalized spacial score (nSPS) is 10.6. The van der Waals surface area contributed by atoms with Crippen LogP contribution in [0, 0.1) is 0 Å². The van der Waals surface area contributed by atoms with Gasteiger partial charge in [-0.15, -0.1) is 0 Å². The number of carbonyl (C=O) groups is 1. The van der Waals surface area contributed by atoms with E-state index in [0.29, 0.717) is 5.56 Å². The smallest absolute Gasteiger partial charge is 0.308 e. The molecule has 0 saturated heterocycles. The minimum atomic E-state index is -0.886. The summed E-state index contributed by atoms with van der Waals surface area (Å²) in [5, 5.41) is 13.4. The molecule has 2 aromatic heterocycles. The zero-order chi connectivity index (χ0) is 15.5. The fraction of sp³-hybridized carbons (Fsp3) is 0.125. The topological polar surface area (TPSA) is 69.3 Å². The molecule has 0 aliphatic heterocycles. The third kappa shape index (κ3) is 2.58. The minimum Gasteiger partial charge on any atom is -0.497 e. The van der Waals surface area contributed by atoms with E-state index >= 15 is 0 Å². The van der Waals surface area contributed by atoms with Gasteiger partial charge in [-0.05, 0) is 36.4 Å². The number of rotatable bonds is 5. The van der Waals surface area contributed by atoms with Gasteiger partial charge < -0.3 is 14.4 Å². The molecular formula is C16H15N3O3. The molecule has 0 unspecified atom stereocenters. The first-order valence-corrected chi connectivity index (χ1v) is 6.75. The number of nitrogens with zero attached hydrogens (tertiary/aromatic N) is 3. The Kier molecular flexibility index (Phi) is 3.65. The number of aromatic nitrogens is 3. The second-order valence-electron chi connectivity index (χ2n) is 4.76. The molecular weight excluding hydrogens is 282 g/mol. The van der Waals surface area contributed by atoms with Crippen LogP contribution in [-0.2, 0) is 11.2 Å². The second-order valence-corrected chi connectivity index (χ2v) is 4.76. The van der Waals surface area contributed by atoms with E-state index in [1.165, 1.54) is 0 Å². The molecule has 3 aromatic rings. The summed E-state index contributed by atoms with van der Waals surface area (Å²) in [6.45, 7) is 0. The highest BCUT2D eigenvalue weighted by atomic mass is 16.5. The summed E-state index contributed by atoms with van der Waals surface area (Å²) in [4.78, 5) is 11.1. The van der Waals surface area contributed by atoms with E-state index in [1.807, 2.05) is 53.4 Å². The third-order valence-corrected chi connectivity index (χ3v) is 3.32. The van der Waals surface area contributed by atoms with Crippen molar-refractivity contribution in [1.82, 2.24) is 14.3 Å². The Morgan fingerprint density at radius 1 is 1.23 bits per heavy atom. The third-order valence-electron chi connectivity index (χ3n) is 3.32. The Balaban J connectivity index is 2.10. The minimum absolute atomic E-state index is 0.0797. The molecule has 0 aliphatic rings. The van der Waals surface area contributed by atoms with Gasteiger partial charge in [0.05, 0.1) is 25.4 Å². The van der Waals surface area contributed by atoms with Crippen LogP contribution in [0.4, 0.5) is 0 Å². The van der Waals surface area contributed by atoms with Gasteiger partial charge >= 0.3 is 5.97 Å². The predicted octanol–water partition coefficient (Wildman–Crippen LogP) is 2.30. The Morgan fingerprint density at radius 2 is 1.91 bits per heavy atom. The number of hydrogen-bond donors (Lipinski definition) is 1. The van der Waals surface area contributed by atoms with Gasteiger partial charge in [0.25, 0.3) is 0 Å². The van der Waals surface area contributed by atoms with Gasteiger partial charge in [0.1, 0.15) is 11.6 Å². The molecule has 0 saturated carbocycles. The van der Waals surface area contributed by atoms with Crippen molar-refractivity contribution in [3.63, 3.8) is 0 Å². The highest BCUT2D eigenvalue weighted by Gasteiger charge is 2.16. The van der Waals surface area contributed by atoms with Crippen LogP contribution >= 0.6 is 0 Å². The lowest BCUT2D eigenvalue weighted by atomic mass is 10.2. The van der Waals surface area contributed by atoms with Crippen molar-refractivity contribution in [2.75, 3.05) is 7.11 Å². The number of methoxy groups -OCH3 is 1. The van der Waals surface area contributed by atoms with Crippen LogP contribution in [0.1, 0.15) is 5.56 Å². The van der Waals surface area contributed by atoms with Gasteiger partial charge in [0.15, 0.2) is 0 Å². The quantitative estimate of drug-likeness (QED) is 0.784. The molecule has 0 amide bonds. The maximum absolute atomic E-state index is 11.1. The van der Waals surface area contributed by atoms with E-state index in [9.17, 15) is 4.79 Å². The van der Waals surface area contributed by atoms with Crippen molar-refractivity contribution in [2.45, 2.75) is 6.42 Å². The lowest BCUT2D eigenvalue weighted by molar-refractivity contribution is -0.136. The monoisotopic (exact) mass is 297 g/mol. The Labute approximate surface area is 127 Å². The van der Waals surface area contributed by atoms with E-state index in [0.717, 1.165) is 17.3 Å². The fourth-order valence-corrected chi connectivity index (χ4v) is 2.33. The fourth-order valence-electron chi connectivity index (χ4n) is 2.33. The molecule has 3 rings (SSSR count). The summed E-state index contributed by atoms with van der Waals surface area (Å²) in [5.74, 6) is 0.587. The first kappa shape index (κ1) is 13.9. The molecule has 2 heterocycles. The maximum atomic E-state index is 11.1.